The van der Waals surface area contributed by atoms with Crippen LogP contribution >= 0.6 is 11.3 Å². The third kappa shape index (κ3) is 5.03. The van der Waals surface area contributed by atoms with Crippen LogP contribution in [0.15, 0.2) is 60.7 Å². The summed E-state index contributed by atoms with van der Waals surface area (Å²) in [5, 5.41) is 39.6. The number of thiophene rings is 1. The molecule has 1 aromatic heterocycles. The van der Waals surface area contributed by atoms with Gasteiger partial charge in [-0.1, -0.05) is 36.4 Å². The van der Waals surface area contributed by atoms with Gasteiger partial charge in [0.2, 0.25) is 0 Å². The first-order valence-corrected chi connectivity index (χ1v) is 11.0. The molecule has 1 aliphatic heterocycles. The van der Waals surface area contributed by atoms with Crippen LogP contribution in [-0.4, -0.2) is 57.6 Å². The van der Waals surface area contributed by atoms with E-state index in [0.717, 1.165) is 28.0 Å². The van der Waals surface area contributed by atoms with E-state index in [0.29, 0.717) is 6.42 Å². The highest BCUT2D eigenvalue weighted by Gasteiger charge is 2.43. The van der Waals surface area contributed by atoms with E-state index in [1.807, 2.05) is 30.3 Å². The Morgan fingerprint density at radius 1 is 0.839 bits per heavy atom. The van der Waals surface area contributed by atoms with E-state index in [1.54, 1.807) is 23.5 Å². The van der Waals surface area contributed by atoms with E-state index in [4.69, 9.17) is 4.74 Å². The minimum atomic E-state index is -1.37. The molecule has 164 valence electrons. The maximum absolute atomic E-state index is 13.1. The second-order valence-corrected chi connectivity index (χ2v) is 9.01. The number of hydrogen-bond donors (Lipinski definition) is 4. The van der Waals surface area contributed by atoms with E-state index in [-0.39, 0.29) is 5.82 Å². The van der Waals surface area contributed by atoms with Gasteiger partial charge in [0.05, 0.1) is 12.7 Å². The van der Waals surface area contributed by atoms with E-state index < -0.39 is 37.1 Å². The van der Waals surface area contributed by atoms with Gasteiger partial charge < -0.3 is 25.2 Å². The van der Waals surface area contributed by atoms with Crippen molar-refractivity contribution in [3.8, 4) is 10.4 Å². The normalized spacial score (nSPS) is 26.2. The molecule has 1 aliphatic rings. The standard InChI is InChI=1S/C24H25FO5S/c25-17-6-4-16(5-7-17)21-9-8-18(31-21)11-14-2-1-3-15(10-14)12-19-22(27)24(29)23(28)20(13-26)30-19/h1-10,19-20,22-24,26-29H,11-13H2/t19-,20+,22-,23+,24+/m0/s1. The van der Waals surface area contributed by atoms with Gasteiger partial charge in [-0.3, -0.25) is 0 Å². The van der Waals surface area contributed by atoms with E-state index in [2.05, 4.69) is 6.07 Å². The van der Waals surface area contributed by atoms with Crippen LogP contribution in [-0.2, 0) is 17.6 Å². The Bertz CT molecular complexity index is 1000. The monoisotopic (exact) mass is 444 g/mol. The molecule has 0 bridgehead atoms. The molecule has 3 aromatic rings. The Morgan fingerprint density at radius 3 is 2.29 bits per heavy atom. The van der Waals surface area contributed by atoms with Gasteiger partial charge in [-0.25, -0.2) is 4.39 Å². The molecule has 1 saturated heterocycles. The summed E-state index contributed by atoms with van der Waals surface area (Å²) in [6.07, 6.45) is -4.50. The average molecular weight is 445 g/mol. The molecular weight excluding hydrogens is 419 g/mol. The lowest BCUT2D eigenvalue weighted by atomic mass is 9.91. The van der Waals surface area contributed by atoms with Gasteiger partial charge in [0.1, 0.15) is 30.2 Å². The molecule has 0 aliphatic carbocycles. The summed E-state index contributed by atoms with van der Waals surface area (Å²) in [7, 11) is 0. The van der Waals surface area contributed by atoms with Gasteiger partial charge >= 0.3 is 0 Å². The highest BCUT2D eigenvalue weighted by Crippen LogP contribution is 2.30. The highest BCUT2D eigenvalue weighted by atomic mass is 32.1. The second kappa shape index (κ2) is 9.56. The molecule has 2 aromatic carbocycles. The van der Waals surface area contributed by atoms with Crippen molar-refractivity contribution in [2.24, 2.45) is 0 Å². The van der Waals surface area contributed by atoms with E-state index in [1.165, 1.54) is 17.0 Å². The summed E-state index contributed by atoms with van der Waals surface area (Å²) in [6.45, 7) is -0.434. The number of ether oxygens (including phenoxy) is 1. The van der Waals surface area contributed by atoms with Crippen molar-refractivity contribution in [2.45, 2.75) is 43.4 Å². The molecular formula is C24H25FO5S. The number of aliphatic hydroxyl groups is 4. The predicted molar refractivity (Wildman–Crippen MR) is 116 cm³/mol. The van der Waals surface area contributed by atoms with Crippen LogP contribution in [0.2, 0.25) is 0 Å². The maximum Gasteiger partial charge on any atom is 0.123 e. The van der Waals surface area contributed by atoms with Crippen molar-refractivity contribution in [3.63, 3.8) is 0 Å². The molecule has 5 nitrogen and oxygen atoms in total. The van der Waals surface area contributed by atoms with Crippen molar-refractivity contribution in [1.29, 1.82) is 0 Å². The van der Waals surface area contributed by atoms with Crippen LogP contribution in [0, 0.1) is 5.82 Å². The molecule has 1 fully saturated rings. The molecule has 2 heterocycles. The third-order valence-corrected chi connectivity index (χ3v) is 6.72. The van der Waals surface area contributed by atoms with Crippen LogP contribution in [0.5, 0.6) is 0 Å². The van der Waals surface area contributed by atoms with Crippen LogP contribution < -0.4 is 0 Å². The molecule has 31 heavy (non-hydrogen) atoms. The van der Waals surface area contributed by atoms with Crippen molar-refractivity contribution in [3.05, 3.63) is 82.5 Å². The maximum atomic E-state index is 13.1. The third-order valence-electron chi connectivity index (χ3n) is 5.59. The zero-order chi connectivity index (χ0) is 22.0. The number of halogens is 1. The first-order valence-electron chi connectivity index (χ1n) is 10.2. The van der Waals surface area contributed by atoms with Gasteiger partial charge in [-0.15, -0.1) is 11.3 Å². The minimum Gasteiger partial charge on any atom is -0.394 e. The summed E-state index contributed by atoms with van der Waals surface area (Å²) in [6, 6.07) is 18.4. The Morgan fingerprint density at radius 2 is 1.55 bits per heavy atom. The van der Waals surface area contributed by atoms with Crippen LogP contribution in [0.25, 0.3) is 10.4 Å². The zero-order valence-corrected chi connectivity index (χ0v) is 17.6. The Kier molecular flexibility index (Phi) is 6.81. The zero-order valence-electron chi connectivity index (χ0n) is 16.8. The fourth-order valence-electron chi connectivity index (χ4n) is 3.89. The van der Waals surface area contributed by atoms with E-state index in [9.17, 15) is 24.8 Å². The number of hydrogen-bond acceptors (Lipinski definition) is 6. The van der Waals surface area contributed by atoms with Crippen LogP contribution in [0.4, 0.5) is 4.39 Å². The molecule has 0 spiro atoms. The molecule has 7 heteroatoms. The molecule has 5 atom stereocenters. The summed E-state index contributed by atoms with van der Waals surface area (Å²) in [5.41, 5.74) is 3.00. The largest absolute Gasteiger partial charge is 0.394 e. The highest BCUT2D eigenvalue weighted by molar-refractivity contribution is 7.15. The first-order chi connectivity index (χ1) is 14.9. The van der Waals surface area contributed by atoms with Crippen molar-refractivity contribution >= 4 is 11.3 Å². The molecule has 4 N–H and O–H groups in total. The number of rotatable bonds is 6. The second-order valence-electron chi connectivity index (χ2n) is 7.84. The fourth-order valence-corrected chi connectivity index (χ4v) is 4.94. The van der Waals surface area contributed by atoms with Crippen molar-refractivity contribution in [2.75, 3.05) is 6.61 Å². The minimum absolute atomic E-state index is 0.253. The van der Waals surface area contributed by atoms with Crippen molar-refractivity contribution in [1.82, 2.24) is 0 Å². The van der Waals surface area contributed by atoms with Gasteiger partial charge in [-0.2, -0.15) is 0 Å². The fraction of sp³-hybridized carbons (Fsp3) is 0.333. The predicted octanol–water partition coefficient (Wildman–Crippen LogP) is 2.53. The smallest absolute Gasteiger partial charge is 0.123 e. The SMILES string of the molecule is OC[C@H]1O[C@@H](Cc2cccc(Cc3ccc(-c4ccc(F)cc4)s3)c2)[C@H](O)[C@@H](O)[C@@H]1O. The molecule has 0 unspecified atom stereocenters. The first kappa shape index (κ1) is 22.1. The number of benzene rings is 2. The summed E-state index contributed by atoms with van der Waals surface area (Å²) in [5.74, 6) is -0.253. The quantitative estimate of drug-likeness (QED) is 0.469. The molecule has 4 rings (SSSR count). The van der Waals surface area contributed by atoms with Gasteiger partial charge in [0, 0.05) is 22.6 Å². The van der Waals surface area contributed by atoms with Gasteiger partial charge in [0.15, 0.2) is 0 Å². The van der Waals surface area contributed by atoms with Crippen molar-refractivity contribution < 1.29 is 29.6 Å². The summed E-state index contributed by atoms with van der Waals surface area (Å²) >= 11 is 1.66. The Balaban J connectivity index is 1.45. The Hall–Kier alpha value is -2.13. The topological polar surface area (TPSA) is 90.2 Å². The van der Waals surface area contributed by atoms with Gasteiger partial charge in [0.25, 0.3) is 0 Å². The summed E-state index contributed by atoms with van der Waals surface area (Å²) < 4.78 is 18.8. The summed E-state index contributed by atoms with van der Waals surface area (Å²) in [4.78, 5) is 2.25. The molecule has 0 radical (unpaired) electrons. The van der Waals surface area contributed by atoms with Crippen LogP contribution in [0.1, 0.15) is 16.0 Å². The lowest BCUT2D eigenvalue weighted by molar-refractivity contribution is -0.228. The molecule has 0 amide bonds. The van der Waals surface area contributed by atoms with Crippen LogP contribution in [0.3, 0.4) is 0 Å². The lowest BCUT2D eigenvalue weighted by Gasteiger charge is -2.40. The van der Waals surface area contributed by atoms with E-state index >= 15 is 0 Å². The average Bonchev–Trinajstić information content (AvgIpc) is 3.23. The van der Waals surface area contributed by atoms with Gasteiger partial charge in [-0.05, 0) is 41.0 Å². The number of aliphatic hydroxyl groups excluding tert-OH is 4. The molecule has 0 saturated carbocycles. The lowest BCUT2D eigenvalue weighted by Crippen LogP contribution is -2.59. The Labute approximate surface area is 184 Å².